The fourth-order valence-corrected chi connectivity index (χ4v) is 5.44. The van der Waals surface area contributed by atoms with Crippen molar-refractivity contribution >= 4 is 38.9 Å². The first-order valence-corrected chi connectivity index (χ1v) is 11.2. The standard InChI is InChI=1S/C21H22ClN5OS/c1-25-20(28)19-17(8-10-29-19)27-18(23-24-21(25)27)13-26-9-3-2-7-16(26)12-14-5-4-6-15(22)11-14/h4-6,8,10-11,16H,2-3,7,9,12-13H2,1H3. The van der Waals surface area contributed by atoms with Crippen LogP contribution in [0.15, 0.2) is 40.5 Å². The van der Waals surface area contributed by atoms with Crippen LogP contribution in [0.3, 0.4) is 0 Å². The Kier molecular flexibility index (Phi) is 4.89. The third-order valence-electron chi connectivity index (χ3n) is 5.85. The molecule has 6 nitrogen and oxygen atoms in total. The summed E-state index contributed by atoms with van der Waals surface area (Å²) in [4.78, 5) is 15.1. The van der Waals surface area contributed by atoms with Gasteiger partial charge in [0.1, 0.15) is 4.70 Å². The van der Waals surface area contributed by atoms with Crippen LogP contribution in [0.1, 0.15) is 30.7 Å². The van der Waals surface area contributed by atoms with Gasteiger partial charge >= 0.3 is 0 Å². The summed E-state index contributed by atoms with van der Waals surface area (Å²) < 4.78 is 4.38. The first kappa shape index (κ1) is 18.8. The number of likely N-dealkylation sites (tertiary alicyclic amines) is 1. The number of hydrogen-bond acceptors (Lipinski definition) is 5. The summed E-state index contributed by atoms with van der Waals surface area (Å²) in [5, 5.41) is 11.5. The minimum Gasteiger partial charge on any atom is -0.293 e. The maximum Gasteiger partial charge on any atom is 0.272 e. The molecule has 3 aromatic heterocycles. The van der Waals surface area contributed by atoms with E-state index in [9.17, 15) is 4.79 Å². The lowest BCUT2D eigenvalue weighted by molar-refractivity contribution is 0.135. The molecule has 29 heavy (non-hydrogen) atoms. The first-order valence-electron chi connectivity index (χ1n) is 9.90. The number of aromatic nitrogens is 4. The van der Waals surface area contributed by atoms with Crippen LogP contribution in [-0.4, -0.2) is 36.7 Å². The van der Waals surface area contributed by atoms with E-state index in [4.69, 9.17) is 11.6 Å². The maximum atomic E-state index is 12.6. The molecule has 1 fully saturated rings. The van der Waals surface area contributed by atoms with Crippen LogP contribution in [0.25, 0.3) is 16.0 Å². The number of nitrogens with zero attached hydrogens (tertiary/aromatic N) is 5. The zero-order chi connectivity index (χ0) is 20.0. The molecule has 0 N–H and O–H groups in total. The fraction of sp³-hybridized carbons (Fsp3) is 0.381. The molecule has 0 saturated carbocycles. The molecule has 150 valence electrons. The Labute approximate surface area is 177 Å². The van der Waals surface area contributed by atoms with Crippen molar-refractivity contribution in [3.8, 4) is 0 Å². The second-order valence-corrected chi connectivity index (χ2v) is 9.06. The second-order valence-electron chi connectivity index (χ2n) is 7.70. The molecule has 4 heterocycles. The van der Waals surface area contributed by atoms with Crippen LogP contribution in [-0.2, 0) is 20.0 Å². The topological polar surface area (TPSA) is 55.4 Å². The number of aryl methyl sites for hydroxylation is 1. The van der Waals surface area contributed by atoms with Crippen LogP contribution in [0.5, 0.6) is 0 Å². The van der Waals surface area contributed by atoms with Crippen molar-refractivity contribution in [2.24, 2.45) is 7.05 Å². The van der Waals surface area contributed by atoms with E-state index in [2.05, 4.69) is 27.2 Å². The quantitative estimate of drug-likeness (QED) is 0.495. The van der Waals surface area contributed by atoms with Gasteiger partial charge in [-0.2, -0.15) is 0 Å². The van der Waals surface area contributed by atoms with Crippen molar-refractivity contribution in [2.75, 3.05) is 6.54 Å². The Morgan fingerprint density at radius 2 is 2.14 bits per heavy atom. The molecule has 8 heteroatoms. The molecule has 0 spiro atoms. The van der Waals surface area contributed by atoms with Crippen LogP contribution in [0.2, 0.25) is 5.02 Å². The molecule has 1 saturated heterocycles. The Morgan fingerprint density at radius 3 is 3.00 bits per heavy atom. The molecule has 5 rings (SSSR count). The molecule has 1 aliphatic rings. The summed E-state index contributed by atoms with van der Waals surface area (Å²) in [5.41, 5.74) is 2.15. The summed E-state index contributed by atoms with van der Waals surface area (Å²) in [6.45, 7) is 1.76. The molecular formula is C21H22ClN5OS. The number of rotatable bonds is 4. The highest BCUT2D eigenvalue weighted by Gasteiger charge is 2.25. The molecule has 1 unspecified atom stereocenters. The third kappa shape index (κ3) is 3.37. The average molecular weight is 428 g/mol. The van der Waals surface area contributed by atoms with Crippen molar-refractivity contribution in [1.29, 1.82) is 0 Å². The summed E-state index contributed by atoms with van der Waals surface area (Å²) in [6.07, 6.45) is 4.57. The predicted octanol–water partition coefficient (Wildman–Crippen LogP) is 3.89. The van der Waals surface area contributed by atoms with Gasteiger partial charge in [0.05, 0.1) is 12.1 Å². The van der Waals surface area contributed by atoms with Gasteiger partial charge in [-0.15, -0.1) is 21.5 Å². The number of thiophene rings is 1. The van der Waals surface area contributed by atoms with E-state index in [-0.39, 0.29) is 5.56 Å². The minimum absolute atomic E-state index is 0.0155. The molecule has 1 aromatic carbocycles. The van der Waals surface area contributed by atoms with E-state index in [0.717, 1.165) is 47.0 Å². The highest BCUT2D eigenvalue weighted by molar-refractivity contribution is 7.17. The molecule has 1 atom stereocenters. The second kappa shape index (κ2) is 7.55. The molecule has 0 amide bonds. The Morgan fingerprint density at radius 1 is 1.24 bits per heavy atom. The van der Waals surface area contributed by atoms with E-state index < -0.39 is 0 Å². The lowest BCUT2D eigenvalue weighted by atomic mass is 9.95. The van der Waals surface area contributed by atoms with Crippen molar-refractivity contribution in [2.45, 2.75) is 38.3 Å². The Balaban J connectivity index is 1.50. The number of benzene rings is 1. The molecule has 1 aliphatic heterocycles. The van der Waals surface area contributed by atoms with Gasteiger partial charge in [-0.05, 0) is 54.9 Å². The van der Waals surface area contributed by atoms with Crippen LogP contribution in [0.4, 0.5) is 0 Å². The number of piperidine rings is 1. The monoisotopic (exact) mass is 427 g/mol. The maximum absolute atomic E-state index is 12.6. The average Bonchev–Trinajstić information content (AvgIpc) is 3.35. The Hall–Kier alpha value is -2.22. The van der Waals surface area contributed by atoms with E-state index in [1.54, 1.807) is 11.6 Å². The van der Waals surface area contributed by atoms with Crippen LogP contribution < -0.4 is 5.56 Å². The Bertz CT molecular complexity index is 1240. The van der Waals surface area contributed by atoms with Crippen molar-refractivity contribution in [3.05, 3.63) is 62.5 Å². The summed E-state index contributed by atoms with van der Waals surface area (Å²) in [7, 11) is 1.76. The zero-order valence-electron chi connectivity index (χ0n) is 16.2. The smallest absolute Gasteiger partial charge is 0.272 e. The molecule has 0 radical (unpaired) electrons. The van der Waals surface area contributed by atoms with Gasteiger partial charge in [0.25, 0.3) is 5.56 Å². The van der Waals surface area contributed by atoms with Gasteiger partial charge in [0.2, 0.25) is 5.78 Å². The van der Waals surface area contributed by atoms with Crippen molar-refractivity contribution in [1.82, 2.24) is 24.1 Å². The highest BCUT2D eigenvalue weighted by atomic mass is 35.5. The summed E-state index contributed by atoms with van der Waals surface area (Å²) in [6, 6.07) is 10.6. The lowest BCUT2D eigenvalue weighted by Crippen LogP contribution is -2.40. The van der Waals surface area contributed by atoms with Gasteiger partial charge < -0.3 is 0 Å². The van der Waals surface area contributed by atoms with Crippen molar-refractivity contribution in [3.63, 3.8) is 0 Å². The highest BCUT2D eigenvalue weighted by Crippen LogP contribution is 2.25. The predicted molar refractivity (Wildman–Crippen MR) is 117 cm³/mol. The number of halogens is 1. The van der Waals surface area contributed by atoms with Gasteiger partial charge in [-0.1, -0.05) is 30.2 Å². The third-order valence-corrected chi connectivity index (χ3v) is 6.98. The minimum atomic E-state index is -0.0155. The normalized spacial score (nSPS) is 18.1. The first-order chi connectivity index (χ1) is 14.1. The molecule has 0 aliphatic carbocycles. The van der Waals surface area contributed by atoms with Crippen LogP contribution in [0, 0.1) is 0 Å². The van der Waals surface area contributed by atoms with Crippen molar-refractivity contribution < 1.29 is 0 Å². The van der Waals surface area contributed by atoms with E-state index >= 15 is 0 Å². The van der Waals surface area contributed by atoms with E-state index in [0.29, 0.717) is 11.8 Å². The summed E-state index contributed by atoms with van der Waals surface area (Å²) >= 11 is 7.66. The molecule has 0 bridgehead atoms. The summed E-state index contributed by atoms with van der Waals surface area (Å²) in [5.74, 6) is 1.48. The van der Waals surface area contributed by atoms with Gasteiger partial charge in [-0.25, -0.2) is 0 Å². The molecule has 4 aromatic rings. The van der Waals surface area contributed by atoms with Gasteiger partial charge in [0.15, 0.2) is 5.82 Å². The zero-order valence-corrected chi connectivity index (χ0v) is 17.8. The fourth-order valence-electron chi connectivity index (χ4n) is 4.37. The SMILES string of the molecule is Cn1c(=O)c2sccc2n2c(CN3CCCCC3Cc3cccc(Cl)c3)nnc12. The van der Waals surface area contributed by atoms with E-state index in [1.165, 1.54) is 29.7 Å². The van der Waals surface area contributed by atoms with Crippen LogP contribution >= 0.6 is 22.9 Å². The van der Waals surface area contributed by atoms with E-state index in [1.807, 2.05) is 28.0 Å². The number of fused-ring (bicyclic) bond motifs is 3. The lowest BCUT2D eigenvalue weighted by Gasteiger charge is -2.35. The van der Waals surface area contributed by atoms with Gasteiger partial charge in [-0.3, -0.25) is 18.7 Å². The van der Waals surface area contributed by atoms with Gasteiger partial charge in [0, 0.05) is 18.1 Å². The molecular weight excluding hydrogens is 406 g/mol. The largest absolute Gasteiger partial charge is 0.293 e. The number of hydrogen-bond donors (Lipinski definition) is 0.